The molecule has 20 heavy (non-hydrogen) atoms. The first kappa shape index (κ1) is 14.5. The summed E-state index contributed by atoms with van der Waals surface area (Å²) >= 11 is 0. The summed E-state index contributed by atoms with van der Waals surface area (Å²) in [5.74, 6) is -1.85. The number of pyridine rings is 1. The molecule has 3 atom stereocenters. The van der Waals surface area contributed by atoms with Gasteiger partial charge >= 0.3 is 5.97 Å². The van der Waals surface area contributed by atoms with Crippen molar-refractivity contribution in [2.45, 2.75) is 26.9 Å². The normalized spacial score (nSPS) is 15.8. The van der Waals surface area contributed by atoms with Crippen molar-refractivity contribution in [3.8, 4) is 0 Å². The van der Waals surface area contributed by atoms with Gasteiger partial charge in [0.1, 0.15) is 0 Å². The Morgan fingerprint density at radius 1 is 1.20 bits per heavy atom. The number of hydrogen-bond acceptors (Lipinski definition) is 3. The van der Waals surface area contributed by atoms with E-state index in [9.17, 15) is 9.90 Å². The van der Waals surface area contributed by atoms with Gasteiger partial charge in [0.05, 0.1) is 17.5 Å². The molecule has 0 bridgehead atoms. The number of carboxylic acids is 1. The molecule has 4 heteroatoms. The molecule has 0 aliphatic rings. The summed E-state index contributed by atoms with van der Waals surface area (Å²) in [5.41, 5.74) is 2.54. The summed E-state index contributed by atoms with van der Waals surface area (Å²) in [6.07, 6.45) is -0.799. The first-order valence-electron chi connectivity index (χ1n) is 6.68. The Balaban J connectivity index is 2.33. The lowest BCUT2D eigenvalue weighted by atomic mass is 9.87. The van der Waals surface area contributed by atoms with Gasteiger partial charge in [0, 0.05) is 11.1 Å². The molecule has 0 aliphatic carbocycles. The fourth-order valence-electron chi connectivity index (χ4n) is 2.23. The van der Waals surface area contributed by atoms with Crippen molar-refractivity contribution < 1.29 is 15.0 Å². The maximum atomic E-state index is 11.0. The number of carboxylic acid groups (broad SMARTS) is 1. The van der Waals surface area contributed by atoms with Gasteiger partial charge in [-0.2, -0.15) is 0 Å². The van der Waals surface area contributed by atoms with Crippen LogP contribution in [0.4, 0.5) is 0 Å². The number of aliphatic hydroxyl groups excluding tert-OH is 1. The topological polar surface area (TPSA) is 70.4 Å². The Morgan fingerprint density at radius 2 is 1.90 bits per heavy atom. The van der Waals surface area contributed by atoms with E-state index in [1.807, 2.05) is 37.3 Å². The number of hydrogen-bond donors (Lipinski definition) is 2. The van der Waals surface area contributed by atoms with Gasteiger partial charge in [-0.15, -0.1) is 0 Å². The molecule has 2 aromatic rings. The van der Waals surface area contributed by atoms with Crippen molar-refractivity contribution in [3.63, 3.8) is 0 Å². The fraction of sp³-hybridized carbons (Fsp3) is 0.375. The van der Waals surface area contributed by atoms with Gasteiger partial charge in [0.15, 0.2) is 0 Å². The highest BCUT2D eigenvalue weighted by molar-refractivity contribution is 5.79. The number of benzene rings is 1. The molecule has 1 aromatic heterocycles. The molecule has 2 N–H and O–H groups in total. The van der Waals surface area contributed by atoms with Crippen LogP contribution in [-0.4, -0.2) is 21.2 Å². The Hall–Kier alpha value is -1.94. The van der Waals surface area contributed by atoms with Crippen LogP contribution >= 0.6 is 0 Å². The zero-order chi connectivity index (χ0) is 14.9. The van der Waals surface area contributed by atoms with Gasteiger partial charge in [-0.05, 0) is 36.6 Å². The van der Waals surface area contributed by atoms with Gasteiger partial charge in [-0.3, -0.25) is 9.78 Å². The molecular weight excluding hydrogens is 254 g/mol. The minimum absolute atomic E-state index is 0.358. The fourth-order valence-corrected chi connectivity index (χ4v) is 2.23. The Labute approximate surface area is 118 Å². The molecule has 0 spiro atoms. The first-order valence-corrected chi connectivity index (χ1v) is 6.68. The molecule has 0 radical (unpaired) electrons. The van der Waals surface area contributed by atoms with E-state index >= 15 is 0 Å². The summed E-state index contributed by atoms with van der Waals surface area (Å²) in [7, 11) is 0. The smallest absolute Gasteiger partial charge is 0.306 e. The SMILES string of the molecule is Cc1ccc2cc(C(O)C(C)C(C)C(=O)O)ccc2n1. The number of aromatic nitrogens is 1. The van der Waals surface area contributed by atoms with Crippen molar-refractivity contribution in [1.82, 2.24) is 4.98 Å². The van der Waals surface area contributed by atoms with Crippen molar-refractivity contribution in [1.29, 1.82) is 0 Å². The van der Waals surface area contributed by atoms with Crippen LogP contribution in [0.15, 0.2) is 30.3 Å². The number of carbonyl (C=O) groups is 1. The largest absolute Gasteiger partial charge is 0.481 e. The molecule has 4 nitrogen and oxygen atoms in total. The molecule has 106 valence electrons. The van der Waals surface area contributed by atoms with Crippen LogP contribution in [0.3, 0.4) is 0 Å². The van der Waals surface area contributed by atoms with Gasteiger partial charge < -0.3 is 10.2 Å². The number of aliphatic carboxylic acids is 1. The zero-order valence-electron chi connectivity index (χ0n) is 11.9. The van der Waals surface area contributed by atoms with Crippen LogP contribution in [-0.2, 0) is 4.79 Å². The Bertz CT molecular complexity index is 639. The van der Waals surface area contributed by atoms with Crippen molar-refractivity contribution >= 4 is 16.9 Å². The standard InChI is InChI=1S/C16H19NO3/c1-9-4-5-12-8-13(6-7-14(12)17-9)15(18)10(2)11(3)16(19)20/h4-8,10-11,15,18H,1-3H3,(H,19,20). The van der Waals surface area contributed by atoms with E-state index < -0.39 is 18.0 Å². The lowest BCUT2D eigenvalue weighted by Gasteiger charge is -2.22. The monoisotopic (exact) mass is 273 g/mol. The number of aliphatic hydroxyl groups is 1. The second-order valence-electron chi connectivity index (χ2n) is 5.34. The predicted octanol–water partition coefficient (Wildman–Crippen LogP) is 2.93. The van der Waals surface area contributed by atoms with Gasteiger partial charge in [-0.25, -0.2) is 0 Å². The molecule has 0 aliphatic heterocycles. The van der Waals surface area contributed by atoms with Crippen LogP contribution < -0.4 is 0 Å². The number of nitrogens with zero attached hydrogens (tertiary/aromatic N) is 1. The van der Waals surface area contributed by atoms with E-state index in [4.69, 9.17) is 5.11 Å². The molecule has 0 saturated heterocycles. The summed E-state index contributed by atoms with van der Waals surface area (Å²) in [6, 6.07) is 9.42. The Morgan fingerprint density at radius 3 is 2.55 bits per heavy atom. The third kappa shape index (κ3) is 2.80. The zero-order valence-corrected chi connectivity index (χ0v) is 11.9. The molecule has 0 amide bonds. The molecule has 2 rings (SSSR count). The van der Waals surface area contributed by atoms with Gasteiger partial charge in [0.2, 0.25) is 0 Å². The molecule has 0 saturated carbocycles. The van der Waals surface area contributed by atoms with Crippen LogP contribution in [0.5, 0.6) is 0 Å². The lowest BCUT2D eigenvalue weighted by Crippen LogP contribution is -2.23. The highest BCUT2D eigenvalue weighted by Crippen LogP contribution is 2.29. The van der Waals surface area contributed by atoms with E-state index in [-0.39, 0.29) is 5.92 Å². The summed E-state index contributed by atoms with van der Waals surface area (Å²) < 4.78 is 0. The van der Waals surface area contributed by atoms with Crippen molar-refractivity contribution in [2.24, 2.45) is 11.8 Å². The highest BCUT2D eigenvalue weighted by Gasteiger charge is 2.27. The average Bonchev–Trinajstić information content (AvgIpc) is 2.44. The molecule has 3 unspecified atom stereocenters. The second-order valence-corrected chi connectivity index (χ2v) is 5.34. The third-order valence-corrected chi connectivity index (χ3v) is 3.87. The maximum Gasteiger partial charge on any atom is 0.306 e. The number of fused-ring (bicyclic) bond motifs is 1. The molecule has 0 fully saturated rings. The predicted molar refractivity (Wildman–Crippen MR) is 77.4 cm³/mol. The number of aryl methyl sites for hydroxylation is 1. The van der Waals surface area contributed by atoms with Crippen LogP contribution in [0.2, 0.25) is 0 Å². The van der Waals surface area contributed by atoms with Gasteiger partial charge in [0.25, 0.3) is 0 Å². The van der Waals surface area contributed by atoms with Crippen molar-refractivity contribution in [2.75, 3.05) is 0 Å². The maximum absolute atomic E-state index is 11.0. The third-order valence-electron chi connectivity index (χ3n) is 3.87. The van der Waals surface area contributed by atoms with Gasteiger partial charge in [-0.1, -0.05) is 26.0 Å². The summed E-state index contributed by atoms with van der Waals surface area (Å²) in [5, 5.41) is 20.3. The first-order chi connectivity index (χ1) is 9.40. The van der Waals surface area contributed by atoms with E-state index in [0.717, 1.165) is 22.2 Å². The lowest BCUT2D eigenvalue weighted by molar-refractivity contribution is -0.144. The van der Waals surface area contributed by atoms with E-state index in [0.29, 0.717) is 0 Å². The van der Waals surface area contributed by atoms with E-state index in [1.54, 1.807) is 13.8 Å². The van der Waals surface area contributed by atoms with Crippen molar-refractivity contribution in [3.05, 3.63) is 41.6 Å². The average molecular weight is 273 g/mol. The highest BCUT2D eigenvalue weighted by atomic mass is 16.4. The Kier molecular flexibility index (Phi) is 4.04. The summed E-state index contributed by atoms with van der Waals surface area (Å²) in [4.78, 5) is 15.4. The molecule has 1 heterocycles. The van der Waals surface area contributed by atoms with Crippen LogP contribution in [0.25, 0.3) is 10.9 Å². The number of rotatable bonds is 4. The molecule has 1 aromatic carbocycles. The minimum Gasteiger partial charge on any atom is -0.481 e. The van der Waals surface area contributed by atoms with E-state index in [2.05, 4.69) is 4.98 Å². The quantitative estimate of drug-likeness (QED) is 0.898. The van der Waals surface area contributed by atoms with Crippen LogP contribution in [0, 0.1) is 18.8 Å². The minimum atomic E-state index is -0.894. The molecular formula is C16H19NO3. The van der Waals surface area contributed by atoms with E-state index in [1.165, 1.54) is 0 Å². The summed E-state index contributed by atoms with van der Waals surface area (Å²) in [6.45, 7) is 5.29. The second kappa shape index (κ2) is 5.59. The van der Waals surface area contributed by atoms with Crippen LogP contribution in [0.1, 0.15) is 31.2 Å².